The lowest BCUT2D eigenvalue weighted by molar-refractivity contribution is -0.118. The molecule has 0 atom stereocenters. The molecule has 1 aromatic rings. The number of amides is 1. The van der Waals surface area contributed by atoms with E-state index in [1.54, 1.807) is 0 Å². The molecule has 1 fully saturated rings. The van der Waals surface area contributed by atoms with E-state index in [4.69, 9.17) is 9.47 Å². The molecule has 1 saturated heterocycles. The van der Waals surface area contributed by atoms with E-state index in [0.29, 0.717) is 12.3 Å². The Balaban J connectivity index is 1.79. The van der Waals surface area contributed by atoms with Gasteiger partial charge in [0, 0.05) is 24.7 Å². The summed E-state index contributed by atoms with van der Waals surface area (Å²) in [6, 6.07) is 5.75. The number of anilines is 1. The predicted molar refractivity (Wildman–Crippen MR) is 80.8 cm³/mol. The summed E-state index contributed by atoms with van der Waals surface area (Å²) in [5, 5.41) is 3.36. The average molecular weight is 290 g/mol. The Kier molecular flexibility index (Phi) is 4.29. The number of hydrogen-bond donors (Lipinski definition) is 1. The number of rotatable bonds is 4. The molecule has 0 bridgehead atoms. The highest BCUT2D eigenvalue weighted by Gasteiger charge is 2.23. The highest BCUT2D eigenvalue weighted by molar-refractivity contribution is 5.93. The number of carbonyl (C=O) groups is 1. The number of benzene rings is 1. The van der Waals surface area contributed by atoms with E-state index < -0.39 is 0 Å². The Bertz CT molecular complexity index is 512. The van der Waals surface area contributed by atoms with Crippen molar-refractivity contribution in [3.05, 3.63) is 18.2 Å². The van der Waals surface area contributed by atoms with Gasteiger partial charge in [0.05, 0.1) is 0 Å². The standard InChI is InChI=1S/C16H22N2O3/c1-2-16(19)18(10-12-5-7-17-8-6-12)13-3-4-14-15(9-13)21-11-20-14/h3-4,9,12,17H,2,5-8,10-11H2,1H3. The van der Waals surface area contributed by atoms with Crippen molar-refractivity contribution in [2.45, 2.75) is 26.2 Å². The SMILES string of the molecule is CCC(=O)N(CC1CCNCC1)c1ccc2c(c1)OCO2. The van der Waals surface area contributed by atoms with E-state index in [1.807, 2.05) is 30.0 Å². The summed E-state index contributed by atoms with van der Waals surface area (Å²) < 4.78 is 10.8. The number of piperidine rings is 1. The van der Waals surface area contributed by atoms with Gasteiger partial charge in [-0.3, -0.25) is 4.79 Å². The first-order chi connectivity index (χ1) is 10.3. The maximum Gasteiger partial charge on any atom is 0.231 e. The molecule has 2 aliphatic rings. The first kappa shape index (κ1) is 14.2. The number of fused-ring (bicyclic) bond motifs is 1. The van der Waals surface area contributed by atoms with Gasteiger partial charge in [0.1, 0.15) is 0 Å². The lowest BCUT2D eigenvalue weighted by Gasteiger charge is -2.30. The highest BCUT2D eigenvalue weighted by Crippen LogP contribution is 2.36. The Hall–Kier alpha value is -1.75. The highest BCUT2D eigenvalue weighted by atomic mass is 16.7. The molecular formula is C16H22N2O3. The Morgan fingerprint density at radius 1 is 1.29 bits per heavy atom. The molecule has 2 aliphatic heterocycles. The van der Waals surface area contributed by atoms with E-state index in [2.05, 4.69) is 5.32 Å². The fourth-order valence-corrected chi connectivity index (χ4v) is 2.92. The normalized spacial score (nSPS) is 17.8. The number of carbonyl (C=O) groups excluding carboxylic acids is 1. The Morgan fingerprint density at radius 3 is 2.81 bits per heavy atom. The smallest absolute Gasteiger partial charge is 0.231 e. The summed E-state index contributed by atoms with van der Waals surface area (Å²) in [5.41, 5.74) is 0.907. The minimum Gasteiger partial charge on any atom is -0.454 e. The van der Waals surface area contributed by atoms with Crippen LogP contribution in [-0.2, 0) is 4.79 Å². The largest absolute Gasteiger partial charge is 0.454 e. The summed E-state index contributed by atoms with van der Waals surface area (Å²) in [7, 11) is 0. The van der Waals surface area contributed by atoms with Crippen LogP contribution in [0.4, 0.5) is 5.69 Å². The van der Waals surface area contributed by atoms with Crippen LogP contribution in [0.15, 0.2) is 18.2 Å². The second-order valence-electron chi connectivity index (χ2n) is 5.59. The quantitative estimate of drug-likeness (QED) is 0.923. The molecular weight excluding hydrogens is 268 g/mol. The van der Waals surface area contributed by atoms with E-state index in [-0.39, 0.29) is 12.7 Å². The maximum absolute atomic E-state index is 12.3. The first-order valence-corrected chi connectivity index (χ1v) is 7.68. The van der Waals surface area contributed by atoms with Gasteiger partial charge in [0.25, 0.3) is 0 Å². The summed E-state index contributed by atoms with van der Waals surface area (Å²) in [4.78, 5) is 14.2. The zero-order valence-corrected chi connectivity index (χ0v) is 12.4. The first-order valence-electron chi connectivity index (χ1n) is 7.68. The second-order valence-corrected chi connectivity index (χ2v) is 5.59. The summed E-state index contributed by atoms with van der Waals surface area (Å²) in [5.74, 6) is 2.20. The van der Waals surface area contributed by atoms with Crippen LogP contribution >= 0.6 is 0 Å². The second kappa shape index (κ2) is 6.35. The molecule has 1 amide bonds. The third kappa shape index (κ3) is 3.13. The van der Waals surface area contributed by atoms with Gasteiger partial charge in [-0.05, 0) is 44.0 Å². The van der Waals surface area contributed by atoms with E-state index in [0.717, 1.165) is 49.7 Å². The fraction of sp³-hybridized carbons (Fsp3) is 0.562. The molecule has 0 aromatic heterocycles. The minimum atomic E-state index is 0.160. The van der Waals surface area contributed by atoms with E-state index in [1.165, 1.54) is 0 Å². The molecule has 1 N–H and O–H groups in total. The van der Waals surface area contributed by atoms with Crippen LogP contribution in [-0.4, -0.2) is 32.3 Å². The predicted octanol–water partition coefficient (Wildman–Crippen LogP) is 2.16. The van der Waals surface area contributed by atoms with Crippen LogP contribution in [0.2, 0.25) is 0 Å². The van der Waals surface area contributed by atoms with Gasteiger partial charge in [-0.1, -0.05) is 6.92 Å². The van der Waals surface area contributed by atoms with Crippen molar-refractivity contribution < 1.29 is 14.3 Å². The zero-order chi connectivity index (χ0) is 14.7. The van der Waals surface area contributed by atoms with Crippen molar-refractivity contribution in [1.29, 1.82) is 0 Å². The van der Waals surface area contributed by atoms with Gasteiger partial charge in [-0.25, -0.2) is 0 Å². The maximum atomic E-state index is 12.3. The van der Waals surface area contributed by atoms with Gasteiger partial charge in [0.15, 0.2) is 11.5 Å². The third-order valence-corrected chi connectivity index (χ3v) is 4.17. The van der Waals surface area contributed by atoms with E-state index >= 15 is 0 Å². The lowest BCUT2D eigenvalue weighted by Crippen LogP contribution is -2.39. The fourth-order valence-electron chi connectivity index (χ4n) is 2.92. The molecule has 2 heterocycles. The van der Waals surface area contributed by atoms with Crippen LogP contribution in [0.3, 0.4) is 0 Å². The van der Waals surface area contributed by atoms with Gasteiger partial charge >= 0.3 is 0 Å². The Morgan fingerprint density at radius 2 is 2.05 bits per heavy atom. The van der Waals surface area contributed by atoms with Crippen molar-refractivity contribution in [3.8, 4) is 11.5 Å². The van der Waals surface area contributed by atoms with Crippen LogP contribution in [0.5, 0.6) is 11.5 Å². The minimum absolute atomic E-state index is 0.160. The van der Waals surface area contributed by atoms with Crippen molar-refractivity contribution in [1.82, 2.24) is 5.32 Å². The average Bonchev–Trinajstić information content (AvgIpc) is 3.00. The third-order valence-electron chi connectivity index (χ3n) is 4.17. The lowest BCUT2D eigenvalue weighted by atomic mass is 9.97. The number of nitrogens with one attached hydrogen (secondary N) is 1. The van der Waals surface area contributed by atoms with Gasteiger partial charge in [-0.2, -0.15) is 0 Å². The number of nitrogens with zero attached hydrogens (tertiary/aromatic N) is 1. The molecule has 5 nitrogen and oxygen atoms in total. The summed E-state index contributed by atoms with van der Waals surface area (Å²) in [6.45, 7) is 5.04. The Labute approximate surface area is 125 Å². The molecule has 21 heavy (non-hydrogen) atoms. The van der Waals surface area contributed by atoms with Gasteiger partial charge in [-0.15, -0.1) is 0 Å². The summed E-state index contributed by atoms with van der Waals surface area (Å²) in [6.07, 6.45) is 2.76. The number of hydrogen-bond acceptors (Lipinski definition) is 4. The molecule has 3 rings (SSSR count). The van der Waals surface area contributed by atoms with E-state index in [9.17, 15) is 4.79 Å². The van der Waals surface area contributed by atoms with Gasteiger partial charge < -0.3 is 19.7 Å². The molecule has 0 unspecified atom stereocenters. The van der Waals surface area contributed by atoms with Crippen LogP contribution in [0.25, 0.3) is 0 Å². The van der Waals surface area contributed by atoms with Crippen molar-refractivity contribution in [2.75, 3.05) is 31.3 Å². The number of ether oxygens (including phenoxy) is 2. The van der Waals surface area contributed by atoms with Crippen LogP contribution < -0.4 is 19.7 Å². The monoisotopic (exact) mass is 290 g/mol. The van der Waals surface area contributed by atoms with Crippen molar-refractivity contribution in [3.63, 3.8) is 0 Å². The van der Waals surface area contributed by atoms with Crippen LogP contribution in [0.1, 0.15) is 26.2 Å². The molecule has 0 spiro atoms. The molecule has 0 aliphatic carbocycles. The topological polar surface area (TPSA) is 50.8 Å². The summed E-state index contributed by atoms with van der Waals surface area (Å²) >= 11 is 0. The molecule has 0 radical (unpaired) electrons. The van der Waals surface area contributed by atoms with Crippen molar-refractivity contribution >= 4 is 11.6 Å². The van der Waals surface area contributed by atoms with Crippen molar-refractivity contribution in [2.24, 2.45) is 5.92 Å². The molecule has 0 saturated carbocycles. The van der Waals surface area contributed by atoms with Crippen LogP contribution in [0, 0.1) is 5.92 Å². The zero-order valence-electron chi connectivity index (χ0n) is 12.4. The molecule has 5 heteroatoms. The van der Waals surface area contributed by atoms with Gasteiger partial charge in [0.2, 0.25) is 12.7 Å². The molecule has 114 valence electrons. The molecule has 1 aromatic carbocycles.